The fourth-order valence-electron chi connectivity index (χ4n) is 7.95. The van der Waals surface area contributed by atoms with Gasteiger partial charge in [-0.1, -0.05) is 13.8 Å². The first-order chi connectivity index (χ1) is 13.2. The van der Waals surface area contributed by atoms with Gasteiger partial charge >= 0.3 is 5.97 Å². The van der Waals surface area contributed by atoms with Crippen molar-refractivity contribution in [2.45, 2.75) is 84.4 Å². The lowest BCUT2D eigenvalue weighted by molar-refractivity contribution is -0.162. The number of hydrogen-bond donors (Lipinski definition) is 1. The second-order valence-electron chi connectivity index (χ2n) is 10.5. The van der Waals surface area contributed by atoms with Gasteiger partial charge in [-0.15, -0.1) is 0 Å². The molecule has 4 rings (SSSR count). The van der Waals surface area contributed by atoms with E-state index in [1.165, 1.54) is 6.92 Å². The van der Waals surface area contributed by atoms with Crippen molar-refractivity contribution in [1.82, 2.24) is 0 Å². The van der Waals surface area contributed by atoms with Crippen LogP contribution in [0.5, 0.6) is 0 Å². The number of halogens is 1. The normalized spacial score (nSPS) is 50.2. The van der Waals surface area contributed by atoms with E-state index in [1.54, 1.807) is 0 Å². The summed E-state index contributed by atoms with van der Waals surface area (Å²) in [5.74, 6) is 0.649. The highest BCUT2D eigenvalue weighted by Crippen LogP contribution is 2.68. The molecule has 1 N–H and O–H groups in total. The summed E-state index contributed by atoms with van der Waals surface area (Å²) in [4.78, 5) is 23.9. The lowest BCUT2D eigenvalue weighted by Crippen LogP contribution is -2.58. The van der Waals surface area contributed by atoms with Crippen LogP contribution in [-0.4, -0.2) is 35.7 Å². The fraction of sp³-hybridized carbons (Fsp3) is 0.913. The Kier molecular flexibility index (Phi) is 5.13. The number of carbonyl (C=O) groups is 2. The Morgan fingerprint density at radius 1 is 1.07 bits per heavy atom. The maximum atomic E-state index is 15.8. The van der Waals surface area contributed by atoms with Gasteiger partial charge in [-0.3, -0.25) is 9.59 Å². The summed E-state index contributed by atoms with van der Waals surface area (Å²) >= 11 is 0. The molecular formula is C23H35FO4. The van der Waals surface area contributed by atoms with Gasteiger partial charge in [0.05, 0.1) is 6.10 Å². The fourth-order valence-corrected chi connectivity index (χ4v) is 7.95. The summed E-state index contributed by atoms with van der Waals surface area (Å²) < 4.78 is 20.7. The summed E-state index contributed by atoms with van der Waals surface area (Å²) in [6.07, 6.45) is 5.86. The van der Waals surface area contributed by atoms with E-state index in [0.717, 1.165) is 38.5 Å². The highest BCUT2D eigenvalue weighted by Gasteiger charge is 2.64. The molecule has 0 unspecified atom stereocenters. The number of rotatable bonds is 3. The third kappa shape index (κ3) is 2.95. The molecule has 5 heteroatoms. The van der Waals surface area contributed by atoms with Crippen molar-refractivity contribution in [2.24, 2.45) is 40.4 Å². The first-order valence-corrected chi connectivity index (χ1v) is 11.2. The zero-order valence-electron chi connectivity index (χ0n) is 17.5. The first kappa shape index (κ1) is 20.3. The van der Waals surface area contributed by atoms with Crippen LogP contribution in [0.4, 0.5) is 4.39 Å². The van der Waals surface area contributed by atoms with Crippen LogP contribution in [-0.2, 0) is 14.3 Å². The standard InChI is InChI=1S/C23H35FO4/c1-13(25)28-12-20(27)18-7-6-17-16-5-4-14-10-15(26)8-9-22(14,2)19(16)11-21(24)23(17,18)3/h14-19,21,26H,4-12H2,1-3H3/t14-,15-,16+,17+,18-,19+,21+,22+,23+/m1/s1. The van der Waals surface area contributed by atoms with Gasteiger partial charge in [0, 0.05) is 18.3 Å². The Labute approximate surface area is 167 Å². The number of Topliss-reactive ketones (excluding diaryl/α,β-unsaturated/α-hetero) is 1. The topological polar surface area (TPSA) is 63.6 Å². The van der Waals surface area contributed by atoms with Crippen molar-refractivity contribution in [1.29, 1.82) is 0 Å². The van der Waals surface area contributed by atoms with E-state index in [2.05, 4.69) is 6.92 Å². The predicted molar refractivity (Wildman–Crippen MR) is 103 cm³/mol. The monoisotopic (exact) mass is 394 g/mol. The van der Waals surface area contributed by atoms with Crippen LogP contribution in [0.2, 0.25) is 0 Å². The van der Waals surface area contributed by atoms with Gasteiger partial charge in [0.1, 0.15) is 12.8 Å². The zero-order valence-corrected chi connectivity index (χ0v) is 17.5. The molecule has 0 spiro atoms. The van der Waals surface area contributed by atoms with Crippen molar-refractivity contribution < 1.29 is 23.8 Å². The number of aliphatic hydroxyl groups excluding tert-OH is 1. The maximum absolute atomic E-state index is 15.8. The summed E-state index contributed by atoms with van der Waals surface area (Å²) in [6.45, 7) is 5.41. The number of ether oxygens (including phenoxy) is 1. The van der Waals surface area contributed by atoms with E-state index in [1.807, 2.05) is 6.92 Å². The van der Waals surface area contributed by atoms with Crippen molar-refractivity contribution in [3.05, 3.63) is 0 Å². The second kappa shape index (κ2) is 7.07. The molecule has 9 atom stereocenters. The summed E-state index contributed by atoms with van der Waals surface area (Å²) in [5, 5.41) is 10.1. The largest absolute Gasteiger partial charge is 0.458 e. The van der Waals surface area contributed by atoms with Crippen LogP contribution in [0.1, 0.15) is 72.1 Å². The Morgan fingerprint density at radius 3 is 2.54 bits per heavy atom. The van der Waals surface area contributed by atoms with Crippen molar-refractivity contribution in [3.8, 4) is 0 Å². The minimum Gasteiger partial charge on any atom is -0.458 e. The van der Waals surface area contributed by atoms with Gasteiger partial charge in [0.2, 0.25) is 0 Å². The number of ketones is 1. The molecule has 0 aromatic heterocycles. The highest BCUT2D eigenvalue weighted by atomic mass is 19.1. The van der Waals surface area contributed by atoms with E-state index in [-0.39, 0.29) is 35.7 Å². The molecule has 0 bridgehead atoms. The third-order valence-electron chi connectivity index (χ3n) is 9.49. The molecule has 0 aromatic rings. The van der Waals surface area contributed by atoms with E-state index in [0.29, 0.717) is 30.6 Å². The smallest absolute Gasteiger partial charge is 0.303 e. The molecule has 4 aliphatic carbocycles. The number of carbonyl (C=O) groups excluding carboxylic acids is 2. The molecule has 0 amide bonds. The second-order valence-corrected chi connectivity index (χ2v) is 10.5. The van der Waals surface area contributed by atoms with Gasteiger partial charge < -0.3 is 9.84 Å². The Bertz CT molecular complexity index is 651. The zero-order chi connectivity index (χ0) is 20.3. The van der Waals surface area contributed by atoms with Gasteiger partial charge in [-0.2, -0.15) is 0 Å². The number of alkyl halides is 1. The van der Waals surface area contributed by atoms with Crippen molar-refractivity contribution in [2.75, 3.05) is 6.61 Å². The molecular weight excluding hydrogens is 359 g/mol. The maximum Gasteiger partial charge on any atom is 0.303 e. The van der Waals surface area contributed by atoms with Crippen LogP contribution in [0.15, 0.2) is 0 Å². The van der Waals surface area contributed by atoms with Crippen LogP contribution in [0.3, 0.4) is 0 Å². The molecule has 0 radical (unpaired) electrons. The van der Waals surface area contributed by atoms with E-state index in [4.69, 9.17) is 4.74 Å². The predicted octanol–water partition coefficient (Wildman–Crippen LogP) is 4.09. The summed E-state index contributed by atoms with van der Waals surface area (Å²) in [5.41, 5.74) is -0.510. The molecule has 4 saturated carbocycles. The van der Waals surface area contributed by atoms with Crippen LogP contribution >= 0.6 is 0 Å². The SMILES string of the molecule is CC(=O)OCC(=O)[C@H]1CC[C@H]2[C@@H]3CC[C@@H]4C[C@H](O)CC[C@]4(C)[C@H]3C[C@H](F)[C@]12C. The molecule has 28 heavy (non-hydrogen) atoms. The van der Waals surface area contributed by atoms with Gasteiger partial charge in [-0.05, 0) is 80.5 Å². The summed E-state index contributed by atoms with van der Waals surface area (Å²) in [6, 6.07) is 0. The number of aliphatic hydroxyl groups is 1. The number of hydrogen-bond acceptors (Lipinski definition) is 4. The van der Waals surface area contributed by atoms with Crippen LogP contribution in [0.25, 0.3) is 0 Å². The average Bonchev–Trinajstić information content (AvgIpc) is 3.00. The molecule has 4 aliphatic rings. The number of esters is 1. The van der Waals surface area contributed by atoms with Gasteiger partial charge in [0.25, 0.3) is 0 Å². The van der Waals surface area contributed by atoms with Crippen LogP contribution < -0.4 is 0 Å². The van der Waals surface area contributed by atoms with Gasteiger partial charge in [-0.25, -0.2) is 4.39 Å². The third-order valence-corrected chi connectivity index (χ3v) is 9.49. The Balaban J connectivity index is 1.57. The molecule has 4 nitrogen and oxygen atoms in total. The van der Waals surface area contributed by atoms with Crippen molar-refractivity contribution in [3.63, 3.8) is 0 Å². The first-order valence-electron chi connectivity index (χ1n) is 11.2. The van der Waals surface area contributed by atoms with E-state index < -0.39 is 17.6 Å². The highest BCUT2D eigenvalue weighted by molar-refractivity contribution is 5.85. The summed E-state index contributed by atoms with van der Waals surface area (Å²) in [7, 11) is 0. The minimum absolute atomic E-state index is 0.109. The van der Waals surface area contributed by atoms with Crippen LogP contribution in [0, 0.1) is 40.4 Å². The quantitative estimate of drug-likeness (QED) is 0.733. The van der Waals surface area contributed by atoms with Gasteiger partial charge in [0.15, 0.2) is 5.78 Å². The Hall–Kier alpha value is -0.970. The lowest BCUT2D eigenvalue weighted by Gasteiger charge is -2.61. The van der Waals surface area contributed by atoms with E-state index in [9.17, 15) is 14.7 Å². The van der Waals surface area contributed by atoms with Crippen molar-refractivity contribution >= 4 is 11.8 Å². The molecule has 158 valence electrons. The minimum atomic E-state index is -0.991. The molecule has 0 aromatic carbocycles. The lowest BCUT2D eigenvalue weighted by atomic mass is 9.44. The number of fused-ring (bicyclic) bond motifs is 5. The molecule has 0 saturated heterocycles. The average molecular weight is 395 g/mol. The van der Waals surface area contributed by atoms with E-state index >= 15 is 4.39 Å². The molecule has 0 heterocycles. The Morgan fingerprint density at radius 2 is 1.82 bits per heavy atom. The molecule has 0 aliphatic heterocycles. The molecule has 4 fully saturated rings.